The fraction of sp³-hybridized carbons (Fsp3) is 0. The van der Waals surface area contributed by atoms with E-state index in [0.717, 1.165) is 44.5 Å². The van der Waals surface area contributed by atoms with Gasteiger partial charge in [0, 0.05) is 53.3 Å². The molecule has 4 nitrogen and oxygen atoms in total. The van der Waals surface area contributed by atoms with Crippen LogP contribution < -0.4 is 0 Å². The summed E-state index contributed by atoms with van der Waals surface area (Å²) < 4.78 is 5.01. The van der Waals surface area contributed by atoms with Crippen LogP contribution in [-0.2, 0) is 0 Å². The predicted molar refractivity (Wildman–Crippen MR) is 303 cm³/mol. The van der Waals surface area contributed by atoms with E-state index in [1.807, 2.05) is 23.5 Å². The van der Waals surface area contributed by atoms with Crippen LogP contribution in [0.3, 0.4) is 0 Å². The van der Waals surface area contributed by atoms with Gasteiger partial charge in [0.05, 0.1) is 11.0 Å². The van der Waals surface area contributed by atoms with E-state index in [0.29, 0.717) is 17.5 Å². The molecule has 0 saturated carbocycles. The van der Waals surface area contributed by atoms with Crippen LogP contribution in [0.2, 0.25) is 0 Å². The second-order valence-corrected chi connectivity index (χ2v) is 19.4. The number of rotatable bonds is 8. The largest absolute Gasteiger partial charge is 0.309 e. The average Bonchev–Trinajstić information content (AvgIpc) is 4.00. The van der Waals surface area contributed by atoms with Gasteiger partial charge in [-0.1, -0.05) is 194 Å². The minimum Gasteiger partial charge on any atom is -0.309 e. The van der Waals surface area contributed by atoms with Gasteiger partial charge in [0.15, 0.2) is 17.5 Å². The molecule has 14 rings (SSSR count). The first kappa shape index (κ1) is 41.7. The van der Waals surface area contributed by atoms with Gasteiger partial charge in [-0.15, -0.1) is 11.3 Å². The molecule has 0 unspecified atom stereocenters. The summed E-state index contributed by atoms with van der Waals surface area (Å²) in [5, 5.41) is 7.53. The van der Waals surface area contributed by atoms with Crippen molar-refractivity contribution in [1.29, 1.82) is 0 Å². The van der Waals surface area contributed by atoms with Crippen molar-refractivity contribution in [2.45, 2.75) is 0 Å². The van der Waals surface area contributed by atoms with Gasteiger partial charge >= 0.3 is 0 Å². The van der Waals surface area contributed by atoms with E-state index >= 15 is 0 Å². The van der Waals surface area contributed by atoms with Crippen molar-refractivity contribution in [3.8, 4) is 84.4 Å². The van der Waals surface area contributed by atoms with E-state index in [1.54, 1.807) is 0 Å². The summed E-state index contributed by atoms with van der Waals surface area (Å²) in [7, 11) is 0. The second kappa shape index (κ2) is 17.3. The molecule has 336 valence electrons. The number of nitrogens with zero attached hydrogens (tertiary/aromatic N) is 4. The van der Waals surface area contributed by atoms with E-state index in [9.17, 15) is 0 Å². The summed E-state index contributed by atoms with van der Waals surface area (Å²) in [6, 6.07) is 91.3. The molecule has 0 radical (unpaired) electrons. The second-order valence-electron chi connectivity index (χ2n) is 18.3. The van der Waals surface area contributed by atoms with Gasteiger partial charge in [-0.3, -0.25) is 0 Å². The summed E-state index contributed by atoms with van der Waals surface area (Å²) in [5.41, 5.74) is 15.6. The van der Waals surface area contributed by atoms with Crippen molar-refractivity contribution >= 4 is 64.1 Å². The van der Waals surface area contributed by atoms with E-state index in [-0.39, 0.29) is 0 Å². The maximum atomic E-state index is 5.13. The highest BCUT2D eigenvalue weighted by atomic mass is 32.1. The molecule has 0 bridgehead atoms. The lowest BCUT2D eigenvalue weighted by atomic mass is 9.92. The van der Waals surface area contributed by atoms with Crippen LogP contribution in [0.5, 0.6) is 0 Å². The molecule has 0 atom stereocenters. The van der Waals surface area contributed by atoms with Crippen molar-refractivity contribution in [2.24, 2.45) is 0 Å². The maximum Gasteiger partial charge on any atom is 0.164 e. The van der Waals surface area contributed by atoms with Gasteiger partial charge in [0.25, 0.3) is 0 Å². The van der Waals surface area contributed by atoms with Crippen molar-refractivity contribution < 1.29 is 0 Å². The molecule has 11 aromatic carbocycles. The van der Waals surface area contributed by atoms with Crippen LogP contribution in [0.15, 0.2) is 255 Å². The molecular formula is C67H42N4S. The lowest BCUT2D eigenvalue weighted by molar-refractivity contribution is 1.07. The quantitative estimate of drug-likeness (QED) is 0.152. The first-order chi connectivity index (χ1) is 35.7. The Labute approximate surface area is 420 Å². The summed E-state index contributed by atoms with van der Waals surface area (Å²) in [6.07, 6.45) is 0. The minimum atomic E-state index is 0.617. The zero-order chi connectivity index (χ0) is 47.5. The van der Waals surface area contributed by atoms with Crippen molar-refractivity contribution in [3.63, 3.8) is 0 Å². The van der Waals surface area contributed by atoms with Gasteiger partial charge in [-0.05, 0) is 116 Å². The number of hydrogen-bond donors (Lipinski definition) is 0. The van der Waals surface area contributed by atoms with E-state index in [4.69, 9.17) is 15.0 Å². The Hall–Kier alpha value is -9.29. The Kier molecular flexibility index (Phi) is 10.0. The topological polar surface area (TPSA) is 43.6 Å². The third-order valence-electron chi connectivity index (χ3n) is 14.1. The van der Waals surface area contributed by atoms with E-state index < -0.39 is 0 Å². The normalized spacial score (nSPS) is 11.6. The van der Waals surface area contributed by atoms with Gasteiger partial charge in [0.1, 0.15) is 0 Å². The molecule has 0 aliphatic rings. The number of benzene rings is 11. The molecular weight excluding hydrogens is 893 g/mol. The third-order valence-corrected chi connectivity index (χ3v) is 15.3. The van der Waals surface area contributed by atoms with E-state index in [2.05, 4.69) is 247 Å². The molecule has 0 saturated heterocycles. The molecule has 72 heavy (non-hydrogen) atoms. The minimum absolute atomic E-state index is 0.617. The standard InChI is InChI=1S/C67H42N4S/c1-3-13-43(14-4-1)45-25-29-47(30-26-45)65-68-66(48-31-27-46(28-32-48)44-15-5-2-6-16-44)70-67(69-65)49-33-37-52(38-34-49)71-61-23-9-7-17-57(61)59-41-50(35-39-62(59)71)53-19-11-22-56-54(20-12-21-55(53)56)51-36-40-64-60(42-51)58-18-8-10-24-63(58)72-64/h1-42H. The Morgan fingerprint density at radius 2 is 0.653 bits per heavy atom. The Morgan fingerprint density at radius 1 is 0.250 bits per heavy atom. The van der Waals surface area contributed by atoms with Gasteiger partial charge in [-0.2, -0.15) is 0 Å². The number of aromatic nitrogens is 4. The molecule has 0 aliphatic carbocycles. The van der Waals surface area contributed by atoms with Crippen molar-refractivity contribution in [2.75, 3.05) is 0 Å². The van der Waals surface area contributed by atoms with Crippen molar-refractivity contribution in [1.82, 2.24) is 19.5 Å². The summed E-state index contributed by atoms with van der Waals surface area (Å²) in [6.45, 7) is 0. The molecule has 0 N–H and O–H groups in total. The van der Waals surface area contributed by atoms with Crippen LogP contribution in [-0.4, -0.2) is 19.5 Å². The van der Waals surface area contributed by atoms with Crippen LogP contribution in [0, 0.1) is 0 Å². The molecule has 14 aromatic rings. The molecule has 0 amide bonds. The number of hydrogen-bond acceptors (Lipinski definition) is 4. The Bertz CT molecular complexity index is 4250. The molecule has 3 heterocycles. The zero-order valence-corrected chi connectivity index (χ0v) is 39.8. The summed E-state index contributed by atoms with van der Waals surface area (Å²) in [5.74, 6) is 1.87. The number of fused-ring (bicyclic) bond motifs is 7. The van der Waals surface area contributed by atoms with Gasteiger partial charge in [-0.25, -0.2) is 15.0 Å². The van der Waals surface area contributed by atoms with Crippen LogP contribution in [0.1, 0.15) is 0 Å². The molecule has 0 spiro atoms. The van der Waals surface area contributed by atoms with Crippen LogP contribution in [0.25, 0.3) is 137 Å². The smallest absolute Gasteiger partial charge is 0.164 e. The molecule has 5 heteroatoms. The van der Waals surface area contributed by atoms with Crippen molar-refractivity contribution in [3.05, 3.63) is 255 Å². The SMILES string of the molecule is c1ccc(-c2ccc(-c3nc(-c4ccc(-c5ccccc5)cc4)nc(-c4ccc(-n5c6ccccc6c6cc(-c7cccc8c(-c9ccc%10sc%11ccccc%11c%10c9)cccc78)ccc65)cc4)n3)cc2)cc1. The molecule has 0 aliphatic heterocycles. The monoisotopic (exact) mass is 934 g/mol. The average molecular weight is 935 g/mol. The molecule has 3 aromatic heterocycles. The Balaban J connectivity index is 0.835. The lowest BCUT2D eigenvalue weighted by Gasteiger charge is -2.13. The summed E-state index contributed by atoms with van der Waals surface area (Å²) >= 11 is 1.86. The highest BCUT2D eigenvalue weighted by Gasteiger charge is 2.18. The Morgan fingerprint density at radius 3 is 1.24 bits per heavy atom. The highest BCUT2D eigenvalue weighted by Crippen LogP contribution is 2.42. The van der Waals surface area contributed by atoms with Crippen LogP contribution >= 0.6 is 11.3 Å². The first-order valence-corrected chi connectivity index (χ1v) is 25.1. The predicted octanol–water partition coefficient (Wildman–Crippen LogP) is 18.2. The third kappa shape index (κ3) is 7.26. The fourth-order valence-corrected chi connectivity index (χ4v) is 11.6. The highest BCUT2D eigenvalue weighted by molar-refractivity contribution is 7.25. The number of para-hydroxylation sites is 1. The fourth-order valence-electron chi connectivity index (χ4n) is 10.5. The van der Waals surface area contributed by atoms with Crippen LogP contribution in [0.4, 0.5) is 0 Å². The lowest BCUT2D eigenvalue weighted by Crippen LogP contribution is -2.00. The van der Waals surface area contributed by atoms with Gasteiger partial charge < -0.3 is 4.57 Å². The van der Waals surface area contributed by atoms with Gasteiger partial charge in [0.2, 0.25) is 0 Å². The molecule has 0 fully saturated rings. The number of thiophene rings is 1. The first-order valence-electron chi connectivity index (χ1n) is 24.3. The zero-order valence-electron chi connectivity index (χ0n) is 38.9. The summed E-state index contributed by atoms with van der Waals surface area (Å²) in [4.78, 5) is 15.4. The maximum absolute atomic E-state index is 5.13. The van der Waals surface area contributed by atoms with E-state index in [1.165, 1.54) is 75.1 Å².